The summed E-state index contributed by atoms with van der Waals surface area (Å²) in [5, 5.41) is 6.02. The quantitative estimate of drug-likeness (QED) is 0.623. The number of rotatable bonds is 4. The van der Waals surface area contributed by atoms with E-state index in [0.717, 1.165) is 11.4 Å². The number of urea groups is 1. The fourth-order valence-corrected chi connectivity index (χ4v) is 3.49. The molecule has 0 spiro atoms. The minimum absolute atomic E-state index is 0.246. The number of piperazine rings is 1. The van der Waals surface area contributed by atoms with Gasteiger partial charge in [-0.2, -0.15) is 0 Å². The number of nitrogens with one attached hydrogen (secondary N) is 2. The van der Waals surface area contributed by atoms with Gasteiger partial charge in [-0.05, 0) is 60.7 Å². The first-order valence-electron chi connectivity index (χ1n) is 10.2. The minimum Gasteiger partial charge on any atom is -0.355 e. The summed E-state index contributed by atoms with van der Waals surface area (Å²) in [6, 6.07) is 18.5. The van der Waals surface area contributed by atoms with Crippen molar-refractivity contribution in [3.63, 3.8) is 0 Å². The molecule has 0 atom stereocenters. The van der Waals surface area contributed by atoms with Gasteiger partial charge in [0.05, 0.1) is 0 Å². The maximum Gasteiger partial charge on any atom is 0.321 e. The molecule has 0 aliphatic carbocycles. The second-order valence-electron chi connectivity index (χ2n) is 7.43. The first-order chi connectivity index (χ1) is 15.5. The Hall–Kier alpha value is -3.94. The molecule has 0 radical (unpaired) electrons. The summed E-state index contributed by atoms with van der Waals surface area (Å²) in [5.41, 5.74) is 2.39. The number of carbonyl (C=O) groups is 2. The molecular formula is C24H22F2N4O2. The van der Waals surface area contributed by atoms with Crippen molar-refractivity contribution in [2.24, 2.45) is 0 Å². The Morgan fingerprint density at radius 1 is 0.688 bits per heavy atom. The number of amides is 3. The van der Waals surface area contributed by atoms with Crippen molar-refractivity contribution in [2.75, 3.05) is 36.8 Å². The third-order valence-corrected chi connectivity index (χ3v) is 5.17. The van der Waals surface area contributed by atoms with E-state index in [2.05, 4.69) is 10.6 Å². The molecule has 8 heteroatoms. The third-order valence-electron chi connectivity index (χ3n) is 5.17. The Balaban J connectivity index is 1.32. The SMILES string of the molecule is O=C(Nc1cccc(Nc2ccc(F)cc2)c1)N1CCN(C(=O)c2cccc(F)c2)CC1. The number of hydrogen-bond acceptors (Lipinski definition) is 3. The molecule has 1 heterocycles. The zero-order valence-electron chi connectivity index (χ0n) is 17.2. The van der Waals surface area contributed by atoms with Crippen LogP contribution < -0.4 is 10.6 Å². The van der Waals surface area contributed by atoms with Gasteiger partial charge in [0.15, 0.2) is 0 Å². The van der Waals surface area contributed by atoms with Crippen molar-refractivity contribution in [3.05, 3.63) is 90.0 Å². The fraction of sp³-hybridized carbons (Fsp3) is 0.167. The molecule has 1 aliphatic rings. The number of carbonyl (C=O) groups excluding carboxylic acids is 2. The lowest BCUT2D eigenvalue weighted by Crippen LogP contribution is -2.51. The third kappa shape index (κ3) is 5.21. The maximum absolute atomic E-state index is 13.4. The average molecular weight is 436 g/mol. The predicted molar refractivity (Wildman–Crippen MR) is 119 cm³/mol. The number of halogens is 2. The van der Waals surface area contributed by atoms with Crippen molar-refractivity contribution in [2.45, 2.75) is 0 Å². The molecule has 1 aliphatic heterocycles. The summed E-state index contributed by atoms with van der Waals surface area (Å²) in [5.74, 6) is -1.01. The normalized spacial score (nSPS) is 13.6. The van der Waals surface area contributed by atoms with Crippen LogP contribution in [0, 0.1) is 11.6 Å². The Bertz CT molecular complexity index is 1110. The smallest absolute Gasteiger partial charge is 0.321 e. The lowest BCUT2D eigenvalue weighted by atomic mass is 10.2. The van der Waals surface area contributed by atoms with Crippen LogP contribution in [0.25, 0.3) is 0 Å². The first kappa shape index (κ1) is 21.3. The van der Waals surface area contributed by atoms with E-state index in [1.165, 1.54) is 30.3 Å². The van der Waals surface area contributed by atoms with E-state index in [1.807, 2.05) is 6.07 Å². The highest BCUT2D eigenvalue weighted by Crippen LogP contribution is 2.21. The van der Waals surface area contributed by atoms with Crippen molar-refractivity contribution < 1.29 is 18.4 Å². The van der Waals surface area contributed by atoms with Crippen LogP contribution in [-0.4, -0.2) is 47.9 Å². The van der Waals surface area contributed by atoms with Crippen LogP contribution in [0.1, 0.15) is 10.4 Å². The van der Waals surface area contributed by atoms with E-state index in [1.54, 1.807) is 46.2 Å². The Labute approximate surface area is 184 Å². The zero-order valence-corrected chi connectivity index (χ0v) is 17.2. The average Bonchev–Trinajstić information content (AvgIpc) is 2.80. The van der Waals surface area contributed by atoms with Gasteiger partial charge in [-0.3, -0.25) is 4.79 Å². The minimum atomic E-state index is -0.454. The van der Waals surface area contributed by atoms with E-state index in [9.17, 15) is 18.4 Å². The molecule has 3 aromatic rings. The van der Waals surface area contributed by atoms with Gasteiger partial charge in [-0.15, -0.1) is 0 Å². The second kappa shape index (κ2) is 9.47. The molecule has 164 valence electrons. The second-order valence-corrected chi connectivity index (χ2v) is 7.43. The van der Waals surface area contributed by atoms with Crippen LogP contribution in [-0.2, 0) is 0 Å². The predicted octanol–water partition coefficient (Wildman–Crippen LogP) is 4.70. The molecule has 2 N–H and O–H groups in total. The summed E-state index contributed by atoms with van der Waals surface area (Å²) < 4.78 is 26.4. The fourth-order valence-electron chi connectivity index (χ4n) is 3.49. The van der Waals surface area contributed by atoms with Crippen molar-refractivity contribution in [1.29, 1.82) is 0 Å². The van der Waals surface area contributed by atoms with Gasteiger partial charge in [-0.25, -0.2) is 13.6 Å². The highest BCUT2D eigenvalue weighted by Gasteiger charge is 2.25. The van der Waals surface area contributed by atoms with Gasteiger partial charge in [0.1, 0.15) is 11.6 Å². The van der Waals surface area contributed by atoms with Crippen LogP contribution in [0.2, 0.25) is 0 Å². The van der Waals surface area contributed by atoms with E-state index in [-0.39, 0.29) is 17.8 Å². The van der Waals surface area contributed by atoms with Gasteiger partial charge in [0.25, 0.3) is 5.91 Å². The Morgan fingerprint density at radius 2 is 1.34 bits per heavy atom. The van der Waals surface area contributed by atoms with Gasteiger partial charge < -0.3 is 20.4 Å². The number of benzene rings is 3. The summed E-state index contributed by atoms with van der Waals surface area (Å²) in [6.07, 6.45) is 0. The monoisotopic (exact) mass is 436 g/mol. The summed E-state index contributed by atoms with van der Waals surface area (Å²) in [7, 11) is 0. The van der Waals surface area contributed by atoms with E-state index in [4.69, 9.17) is 0 Å². The molecule has 0 unspecified atom stereocenters. The summed E-state index contributed by atoms with van der Waals surface area (Å²) >= 11 is 0. The molecule has 3 aromatic carbocycles. The highest BCUT2D eigenvalue weighted by molar-refractivity contribution is 5.94. The molecule has 6 nitrogen and oxygen atoms in total. The largest absolute Gasteiger partial charge is 0.355 e. The van der Waals surface area contributed by atoms with Gasteiger partial charge in [-0.1, -0.05) is 12.1 Å². The number of hydrogen-bond donors (Lipinski definition) is 2. The van der Waals surface area contributed by atoms with Crippen LogP contribution in [0.5, 0.6) is 0 Å². The summed E-state index contributed by atoms with van der Waals surface area (Å²) in [4.78, 5) is 28.5. The van der Waals surface area contributed by atoms with Crippen LogP contribution in [0.15, 0.2) is 72.8 Å². The zero-order chi connectivity index (χ0) is 22.5. The lowest BCUT2D eigenvalue weighted by Gasteiger charge is -2.34. The molecule has 1 saturated heterocycles. The molecule has 0 aromatic heterocycles. The van der Waals surface area contributed by atoms with Gasteiger partial charge in [0, 0.05) is 48.8 Å². The maximum atomic E-state index is 13.4. The molecule has 0 saturated carbocycles. The van der Waals surface area contributed by atoms with Crippen molar-refractivity contribution >= 4 is 29.0 Å². The van der Waals surface area contributed by atoms with E-state index in [0.29, 0.717) is 37.4 Å². The number of nitrogens with zero attached hydrogens (tertiary/aromatic N) is 2. The Kier molecular flexibility index (Phi) is 6.30. The molecule has 0 bridgehead atoms. The Morgan fingerprint density at radius 3 is 2.06 bits per heavy atom. The van der Waals surface area contributed by atoms with Crippen molar-refractivity contribution in [1.82, 2.24) is 9.80 Å². The summed E-state index contributed by atoms with van der Waals surface area (Å²) in [6.45, 7) is 1.49. The van der Waals surface area contributed by atoms with Crippen LogP contribution in [0.4, 0.5) is 30.6 Å². The van der Waals surface area contributed by atoms with Crippen LogP contribution >= 0.6 is 0 Å². The highest BCUT2D eigenvalue weighted by atomic mass is 19.1. The van der Waals surface area contributed by atoms with E-state index >= 15 is 0 Å². The topological polar surface area (TPSA) is 64.7 Å². The molecule has 1 fully saturated rings. The molecule has 4 rings (SSSR count). The lowest BCUT2D eigenvalue weighted by molar-refractivity contribution is 0.0671. The molecular weight excluding hydrogens is 414 g/mol. The van der Waals surface area contributed by atoms with Gasteiger partial charge >= 0.3 is 6.03 Å². The van der Waals surface area contributed by atoms with Crippen LogP contribution in [0.3, 0.4) is 0 Å². The molecule has 32 heavy (non-hydrogen) atoms. The standard InChI is InChI=1S/C24H22F2N4O2/c25-18-7-9-20(10-8-18)27-21-5-2-6-22(16-21)28-24(32)30-13-11-29(12-14-30)23(31)17-3-1-4-19(26)15-17/h1-10,15-16,27H,11-14H2,(H,28,32). The van der Waals surface area contributed by atoms with Gasteiger partial charge in [0.2, 0.25) is 0 Å². The first-order valence-corrected chi connectivity index (χ1v) is 10.2. The van der Waals surface area contributed by atoms with Crippen molar-refractivity contribution in [3.8, 4) is 0 Å². The number of anilines is 3. The molecule has 3 amide bonds. The van der Waals surface area contributed by atoms with E-state index < -0.39 is 5.82 Å².